The summed E-state index contributed by atoms with van der Waals surface area (Å²) >= 11 is 0. The van der Waals surface area contributed by atoms with Crippen molar-refractivity contribution in [3.63, 3.8) is 0 Å². The zero-order chi connectivity index (χ0) is 34.5. The number of sulfonamides is 2. The standard InChI is InChI=1S/C29H36N2O5S.C6H7NO2S/c1-6-30(7-2)26-15-13-24(14-16-26)21-31(37(32,33)18-17-23-11-9-8-10-12-23)22-25-19-27(34-3)29(36-5)28(20-25)35-4;7-10(8,9)6-4-2-1-3-5-6/h8-20H,6-7,21-22H2,1-5H3;1-5H,(H2,7,8,9)/b18-17+;. The molecule has 12 heteroatoms. The van der Waals surface area contributed by atoms with Crippen LogP contribution in [-0.4, -0.2) is 55.6 Å². The van der Waals surface area contributed by atoms with Crippen molar-refractivity contribution in [1.82, 2.24) is 4.31 Å². The Morgan fingerprint density at radius 3 is 1.64 bits per heavy atom. The second-order valence-corrected chi connectivity index (χ2v) is 13.6. The molecule has 0 radical (unpaired) electrons. The van der Waals surface area contributed by atoms with E-state index in [0.29, 0.717) is 22.8 Å². The molecule has 47 heavy (non-hydrogen) atoms. The van der Waals surface area contributed by atoms with Crippen LogP contribution in [0.5, 0.6) is 17.2 Å². The number of ether oxygens (including phenoxy) is 3. The van der Waals surface area contributed by atoms with Gasteiger partial charge in [0, 0.05) is 37.3 Å². The van der Waals surface area contributed by atoms with Crippen molar-refractivity contribution >= 4 is 31.8 Å². The summed E-state index contributed by atoms with van der Waals surface area (Å²) < 4.78 is 66.1. The zero-order valence-corrected chi connectivity index (χ0v) is 29.0. The van der Waals surface area contributed by atoms with E-state index >= 15 is 0 Å². The third-order valence-electron chi connectivity index (χ3n) is 7.17. The molecule has 0 aromatic heterocycles. The van der Waals surface area contributed by atoms with E-state index in [0.717, 1.165) is 29.9 Å². The highest BCUT2D eigenvalue weighted by molar-refractivity contribution is 7.92. The van der Waals surface area contributed by atoms with Gasteiger partial charge in [0.25, 0.3) is 0 Å². The van der Waals surface area contributed by atoms with Crippen LogP contribution >= 0.6 is 0 Å². The summed E-state index contributed by atoms with van der Waals surface area (Å²) in [6.07, 6.45) is 1.61. The maximum Gasteiger partial charge on any atom is 0.238 e. The highest BCUT2D eigenvalue weighted by Gasteiger charge is 2.23. The fourth-order valence-corrected chi connectivity index (χ4v) is 6.39. The van der Waals surface area contributed by atoms with E-state index in [1.807, 2.05) is 54.6 Å². The predicted octanol–water partition coefficient (Wildman–Crippen LogP) is 5.90. The van der Waals surface area contributed by atoms with Crippen molar-refractivity contribution in [3.05, 3.63) is 119 Å². The first-order chi connectivity index (χ1) is 22.4. The Labute approximate surface area is 279 Å². The van der Waals surface area contributed by atoms with E-state index in [1.165, 1.54) is 43.2 Å². The minimum absolute atomic E-state index is 0.121. The zero-order valence-electron chi connectivity index (χ0n) is 27.4. The lowest BCUT2D eigenvalue weighted by molar-refractivity contribution is 0.322. The third-order valence-corrected chi connectivity index (χ3v) is 9.56. The van der Waals surface area contributed by atoms with Gasteiger partial charge in [-0.1, -0.05) is 60.7 Å². The summed E-state index contributed by atoms with van der Waals surface area (Å²) in [6.45, 7) is 6.36. The van der Waals surface area contributed by atoms with Gasteiger partial charge >= 0.3 is 0 Å². The Hall–Kier alpha value is -4.36. The highest BCUT2D eigenvalue weighted by Crippen LogP contribution is 2.38. The van der Waals surface area contributed by atoms with E-state index < -0.39 is 20.0 Å². The lowest BCUT2D eigenvalue weighted by Crippen LogP contribution is -2.28. The maximum atomic E-state index is 13.6. The van der Waals surface area contributed by atoms with Crippen LogP contribution in [0.2, 0.25) is 0 Å². The average Bonchev–Trinajstić information content (AvgIpc) is 3.08. The molecule has 4 aromatic carbocycles. The molecule has 0 bridgehead atoms. The van der Waals surface area contributed by atoms with Crippen LogP contribution < -0.4 is 24.2 Å². The molecule has 2 N–H and O–H groups in total. The van der Waals surface area contributed by atoms with E-state index in [9.17, 15) is 16.8 Å². The molecule has 0 heterocycles. The Bertz CT molecular complexity index is 1770. The van der Waals surface area contributed by atoms with Crippen LogP contribution in [0.3, 0.4) is 0 Å². The summed E-state index contributed by atoms with van der Waals surface area (Å²) in [5.41, 5.74) is 3.52. The molecule has 0 amide bonds. The number of methoxy groups -OCH3 is 3. The van der Waals surface area contributed by atoms with Crippen molar-refractivity contribution in [3.8, 4) is 17.2 Å². The second kappa shape index (κ2) is 17.5. The Morgan fingerprint density at radius 1 is 0.681 bits per heavy atom. The Kier molecular flexibility index (Phi) is 13.8. The van der Waals surface area contributed by atoms with Crippen molar-refractivity contribution < 1.29 is 31.0 Å². The van der Waals surface area contributed by atoms with Gasteiger partial charge in [-0.3, -0.25) is 0 Å². The van der Waals surface area contributed by atoms with Gasteiger partial charge < -0.3 is 19.1 Å². The van der Waals surface area contributed by atoms with Crippen LogP contribution in [0, 0.1) is 0 Å². The second-order valence-electron chi connectivity index (χ2n) is 10.3. The smallest absolute Gasteiger partial charge is 0.238 e. The van der Waals surface area contributed by atoms with Gasteiger partial charge in [-0.15, -0.1) is 0 Å². The summed E-state index contributed by atoms with van der Waals surface area (Å²) in [5, 5.41) is 6.08. The first-order valence-corrected chi connectivity index (χ1v) is 17.9. The topological polar surface area (TPSA) is 128 Å². The van der Waals surface area contributed by atoms with Gasteiger partial charge in [0.05, 0.1) is 26.2 Å². The number of nitrogens with zero attached hydrogens (tertiary/aromatic N) is 2. The number of hydrogen-bond donors (Lipinski definition) is 1. The summed E-state index contributed by atoms with van der Waals surface area (Å²) in [5.74, 6) is 1.40. The molecule has 0 aliphatic heterocycles. The van der Waals surface area contributed by atoms with Gasteiger partial charge in [-0.2, -0.15) is 4.31 Å². The van der Waals surface area contributed by atoms with Crippen LogP contribution in [0.15, 0.2) is 107 Å². The van der Waals surface area contributed by atoms with Crippen LogP contribution in [0.4, 0.5) is 5.69 Å². The Balaban J connectivity index is 0.000000511. The predicted molar refractivity (Wildman–Crippen MR) is 188 cm³/mol. The number of hydrogen-bond acceptors (Lipinski definition) is 8. The van der Waals surface area contributed by atoms with Gasteiger partial charge in [0.15, 0.2) is 11.5 Å². The van der Waals surface area contributed by atoms with Crippen molar-refractivity contribution in [2.24, 2.45) is 5.14 Å². The SMILES string of the molecule is CCN(CC)c1ccc(CN(Cc2cc(OC)c(OC)c(OC)c2)S(=O)(=O)/C=C/c2ccccc2)cc1.NS(=O)(=O)c1ccccc1. The van der Waals surface area contributed by atoms with Crippen LogP contribution in [-0.2, 0) is 33.1 Å². The lowest BCUT2D eigenvalue weighted by atomic mass is 10.1. The van der Waals surface area contributed by atoms with E-state index in [1.54, 1.807) is 36.4 Å². The number of benzene rings is 4. The molecule has 0 aliphatic rings. The van der Waals surface area contributed by atoms with E-state index in [2.05, 4.69) is 18.7 Å². The molecule has 0 aliphatic carbocycles. The largest absolute Gasteiger partial charge is 0.493 e. The van der Waals surface area contributed by atoms with Crippen molar-refractivity contribution in [2.45, 2.75) is 31.8 Å². The highest BCUT2D eigenvalue weighted by atomic mass is 32.2. The monoisotopic (exact) mass is 681 g/mol. The average molecular weight is 682 g/mol. The molecule has 0 saturated heterocycles. The minimum Gasteiger partial charge on any atom is -0.493 e. The first-order valence-electron chi connectivity index (χ1n) is 14.9. The van der Waals surface area contributed by atoms with E-state index in [4.69, 9.17) is 19.3 Å². The molecule has 0 spiro atoms. The molecule has 4 rings (SSSR count). The number of rotatable bonds is 14. The first kappa shape index (κ1) is 37.1. The Morgan fingerprint density at radius 2 is 1.19 bits per heavy atom. The summed E-state index contributed by atoms with van der Waals surface area (Å²) in [7, 11) is -2.67. The van der Waals surface area contributed by atoms with Crippen molar-refractivity contribution in [1.29, 1.82) is 0 Å². The van der Waals surface area contributed by atoms with Gasteiger partial charge in [-0.25, -0.2) is 22.0 Å². The van der Waals surface area contributed by atoms with Crippen LogP contribution in [0.1, 0.15) is 30.5 Å². The third kappa shape index (κ3) is 10.9. The fraction of sp³-hybridized carbons (Fsp3) is 0.257. The molecule has 0 saturated carbocycles. The lowest BCUT2D eigenvalue weighted by Gasteiger charge is -2.23. The summed E-state index contributed by atoms with van der Waals surface area (Å²) in [4.78, 5) is 2.39. The molecule has 252 valence electrons. The van der Waals surface area contributed by atoms with Gasteiger partial charge in [-0.05, 0) is 73.0 Å². The maximum absolute atomic E-state index is 13.6. The number of primary sulfonamides is 1. The minimum atomic E-state index is -3.78. The molecule has 0 unspecified atom stereocenters. The molecule has 0 fully saturated rings. The molecular formula is C35H43N3O7S2. The number of nitrogens with two attached hydrogens (primary N) is 1. The molecule has 0 atom stereocenters. The quantitative estimate of drug-likeness (QED) is 0.174. The normalized spacial score (nSPS) is 11.6. The van der Waals surface area contributed by atoms with Crippen LogP contribution in [0.25, 0.3) is 6.08 Å². The molecule has 4 aromatic rings. The fourth-order valence-electron chi connectivity index (χ4n) is 4.70. The number of anilines is 1. The van der Waals surface area contributed by atoms with Gasteiger partial charge in [0.1, 0.15) is 0 Å². The van der Waals surface area contributed by atoms with Gasteiger partial charge in [0.2, 0.25) is 25.8 Å². The molecular weight excluding hydrogens is 639 g/mol. The van der Waals surface area contributed by atoms with Crippen molar-refractivity contribution in [2.75, 3.05) is 39.3 Å². The summed E-state index contributed by atoms with van der Waals surface area (Å²) in [6, 6.07) is 28.8. The molecule has 10 nitrogen and oxygen atoms in total. The van der Waals surface area contributed by atoms with E-state index in [-0.39, 0.29) is 18.0 Å².